The zero-order valence-electron chi connectivity index (χ0n) is 21.9. The Morgan fingerprint density at radius 3 is 2.33 bits per heavy atom. The third-order valence-electron chi connectivity index (χ3n) is 10.6. The van der Waals surface area contributed by atoms with Crippen molar-refractivity contribution in [1.29, 1.82) is 0 Å². The second kappa shape index (κ2) is 9.87. The zero-order valence-corrected chi connectivity index (χ0v) is 21.9. The van der Waals surface area contributed by atoms with Crippen LogP contribution in [0.1, 0.15) is 108 Å². The van der Waals surface area contributed by atoms with Crippen LogP contribution in [0, 0.1) is 23.7 Å². The van der Waals surface area contributed by atoms with Crippen LogP contribution in [0.2, 0.25) is 0 Å². The molecule has 36 heavy (non-hydrogen) atoms. The molecule has 1 unspecified atom stereocenters. The number of hydrogen-bond acceptors (Lipinski definition) is 5. The van der Waals surface area contributed by atoms with Gasteiger partial charge in [-0.2, -0.15) is 9.78 Å². The summed E-state index contributed by atoms with van der Waals surface area (Å²) >= 11 is 0. The standard InChI is InChI=1S/C31H45NO4/c1-2-7-28(8-3-1)32-14-5-15-33-29-11-9-24(10-12-29)25-6-4-13-30(21-25)34-31(36-35-30)26-17-22-16-23(19-26)20-27(31)18-22/h9-12,22-23,25-28,32H,1-8,13-21H2/t22?,23?,25?,26?,27?,30-,31?/m1/s1. The smallest absolute Gasteiger partial charge is 0.210 e. The van der Waals surface area contributed by atoms with Crippen LogP contribution in [0.25, 0.3) is 0 Å². The first-order valence-electron chi connectivity index (χ1n) is 15.2. The number of rotatable bonds is 7. The highest BCUT2D eigenvalue weighted by atomic mass is 17.3. The molecule has 7 aliphatic rings. The normalized spacial score (nSPS) is 41.9. The lowest BCUT2D eigenvalue weighted by atomic mass is 9.53. The number of ether oxygens (including phenoxy) is 2. The Morgan fingerprint density at radius 2 is 1.58 bits per heavy atom. The van der Waals surface area contributed by atoms with Gasteiger partial charge >= 0.3 is 0 Å². The molecule has 1 N–H and O–H groups in total. The summed E-state index contributed by atoms with van der Waals surface area (Å²) in [7, 11) is 0. The Morgan fingerprint density at radius 1 is 0.833 bits per heavy atom. The van der Waals surface area contributed by atoms with E-state index in [4.69, 9.17) is 19.2 Å². The van der Waals surface area contributed by atoms with Gasteiger partial charge in [0, 0.05) is 30.7 Å². The van der Waals surface area contributed by atoms with Crippen LogP contribution >= 0.6 is 0 Å². The van der Waals surface area contributed by atoms with Crippen LogP contribution in [0.3, 0.4) is 0 Å². The van der Waals surface area contributed by atoms with Gasteiger partial charge in [-0.05, 0) is 106 Å². The molecule has 6 saturated carbocycles. The molecule has 5 nitrogen and oxygen atoms in total. The molecular formula is C31H45NO4. The molecule has 1 heterocycles. The van der Waals surface area contributed by atoms with Crippen molar-refractivity contribution in [3.05, 3.63) is 29.8 Å². The molecule has 8 rings (SSSR count). The van der Waals surface area contributed by atoms with E-state index < -0.39 is 11.6 Å². The van der Waals surface area contributed by atoms with E-state index in [1.807, 2.05) is 0 Å². The van der Waals surface area contributed by atoms with Crippen molar-refractivity contribution >= 4 is 0 Å². The highest BCUT2D eigenvalue weighted by Crippen LogP contribution is 2.64. The van der Waals surface area contributed by atoms with Crippen LogP contribution in [-0.2, 0) is 14.5 Å². The topological polar surface area (TPSA) is 49.0 Å². The van der Waals surface area contributed by atoms with Gasteiger partial charge in [-0.25, -0.2) is 0 Å². The highest BCUT2D eigenvalue weighted by molar-refractivity contribution is 5.30. The zero-order chi connectivity index (χ0) is 24.0. The van der Waals surface area contributed by atoms with E-state index in [9.17, 15) is 0 Å². The maximum absolute atomic E-state index is 6.97. The second-order valence-corrected chi connectivity index (χ2v) is 13.1. The van der Waals surface area contributed by atoms with Crippen LogP contribution in [-0.4, -0.2) is 30.8 Å². The first kappa shape index (κ1) is 23.9. The third kappa shape index (κ3) is 4.52. The molecule has 2 atom stereocenters. The third-order valence-corrected chi connectivity index (χ3v) is 10.6. The Labute approximate surface area is 216 Å². The Hall–Kier alpha value is -1.14. The molecule has 6 aliphatic carbocycles. The number of nitrogens with one attached hydrogen (secondary N) is 1. The van der Waals surface area contributed by atoms with Gasteiger partial charge in [-0.15, -0.1) is 0 Å². The van der Waals surface area contributed by atoms with Gasteiger partial charge in [0.05, 0.1) is 6.61 Å². The van der Waals surface area contributed by atoms with E-state index in [1.165, 1.54) is 76.2 Å². The van der Waals surface area contributed by atoms with Gasteiger partial charge in [0.25, 0.3) is 0 Å². The fourth-order valence-corrected chi connectivity index (χ4v) is 8.97. The summed E-state index contributed by atoms with van der Waals surface area (Å²) in [6.45, 7) is 1.83. The lowest BCUT2D eigenvalue weighted by Crippen LogP contribution is -2.59. The fourth-order valence-electron chi connectivity index (χ4n) is 8.97. The van der Waals surface area contributed by atoms with Crippen molar-refractivity contribution in [2.24, 2.45) is 23.7 Å². The van der Waals surface area contributed by atoms with Crippen molar-refractivity contribution in [3.63, 3.8) is 0 Å². The molecule has 7 fully saturated rings. The van der Waals surface area contributed by atoms with Crippen molar-refractivity contribution in [2.75, 3.05) is 13.2 Å². The monoisotopic (exact) mass is 495 g/mol. The molecule has 1 saturated heterocycles. The van der Waals surface area contributed by atoms with E-state index in [2.05, 4.69) is 29.6 Å². The maximum atomic E-state index is 6.97. The van der Waals surface area contributed by atoms with E-state index in [1.54, 1.807) is 0 Å². The van der Waals surface area contributed by atoms with Crippen LogP contribution in [0.4, 0.5) is 0 Å². The predicted molar refractivity (Wildman–Crippen MR) is 138 cm³/mol. The van der Waals surface area contributed by atoms with Crippen LogP contribution in [0.15, 0.2) is 24.3 Å². The van der Waals surface area contributed by atoms with Gasteiger partial charge in [0.15, 0.2) is 0 Å². The summed E-state index contributed by atoms with van der Waals surface area (Å²) < 4.78 is 13.0. The SMILES string of the molecule is c1cc(C2CCC[C@]3(C2)OOC2(O3)C3CC4CC(C3)CC2C4)ccc1OCCCNC1CCCCC1. The first-order valence-corrected chi connectivity index (χ1v) is 15.2. The fraction of sp³-hybridized carbons (Fsp3) is 0.806. The lowest BCUT2D eigenvalue weighted by molar-refractivity contribution is -0.390. The Bertz CT molecular complexity index is 868. The van der Waals surface area contributed by atoms with Gasteiger partial charge in [-0.3, -0.25) is 0 Å². The van der Waals surface area contributed by atoms with Crippen LogP contribution in [0.5, 0.6) is 5.75 Å². The van der Waals surface area contributed by atoms with E-state index in [0.29, 0.717) is 17.8 Å². The minimum Gasteiger partial charge on any atom is -0.494 e. The molecule has 0 amide bonds. The predicted octanol–water partition coefficient (Wildman–Crippen LogP) is 6.86. The summed E-state index contributed by atoms with van der Waals surface area (Å²) in [6.07, 6.45) is 18.6. The Kier molecular flexibility index (Phi) is 6.56. The van der Waals surface area contributed by atoms with Crippen molar-refractivity contribution in [2.45, 2.75) is 120 Å². The van der Waals surface area contributed by atoms with E-state index in [-0.39, 0.29) is 0 Å². The molecule has 1 aromatic carbocycles. The molecule has 0 aromatic heterocycles. The largest absolute Gasteiger partial charge is 0.494 e. The van der Waals surface area contributed by atoms with Crippen molar-refractivity contribution < 1.29 is 19.2 Å². The quantitative estimate of drug-likeness (QED) is 0.331. The van der Waals surface area contributed by atoms with E-state index in [0.717, 1.165) is 62.5 Å². The molecule has 2 spiro atoms. The average molecular weight is 496 g/mol. The average Bonchev–Trinajstić information content (AvgIpc) is 3.27. The summed E-state index contributed by atoms with van der Waals surface area (Å²) in [5.74, 6) is 3.27. The summed E-state index contributed by atoms with van der Waals surface area (Å²) in [5, 5.41) is 3.71. The summed E-state index contributed by atoms with van der Waals surface area (Å²) in [5.41, 5.74) is 1.37. The van der Waals surface area contributed by atoms with E-state index >= 15 is 0 Å². The maximum Gasteiger partial charge on any atom is 0.210 e. The van der Waals surface area contributed by atoms with Gasteiger partial charge in [-0.1, -0.05) is 31.4 Å². The van der Waals surface area contributed by atoms with Gasteiger partial charge in [0.2, 0.25) is 11.6 Å². The van der Waals surface area contributed by atoms with Crippen molar-refractivity contribution in [1.82, 2.24) is 5.32 Å². The van der Waals surface area contributed by atoms with Crippen LogP contribution < -0.4 is 10.1 Å². The molecule has 1 aliphatic heterocycles. The number of hydrogen-bond donors (Lipinski definition) is 1. The van der Waals surface area contributed by atoms with Gasteiger partial charge in [0.1, 0.15) is 5.75 Å². The first-order chi connectivity index (χ1) is 17.7. The molecule has 4 bridgehead atoms. The van der Waals surface area contributed by atoms with Crippen molar-refractivity contribution in [3.8, 4) is 5.75 Å². The minimum atomic E-state index is -0.557. The number of benzene rings is 1. The second-order valence-electron chi connectivity index (χ2n) is 13.1. The summed E-state index contributed by atoms with van der Waals surface area (Å²) in [4.78, 5) is 12.5. The van der Waals surface area contributed by atoms with Gasteiger partial charge < -0.3 is 14.8 Å². The molecule has 0 radical (unpaired) electrons. The molecular weight excluding hydrogens is 450 g/mol. The lowest BCUT2D eigenvalue weighted by Gasteiger charge is -2.57. The Balaban J connectivity index is 0.922. The minimum absolute atomic E-state index is 0.447. The molecule has 1 aromatic rings. The molecule has 5 heteroatoms. The summed E-state index contributed by atoms with van der Waals surface area (Å²) in [6, 6.07) is 9.55. The molecule has 198 valence electrons. The highest BCUT2D eigenvalue weighted by Gasteiger charge is 2.67.